The number of amides is 1. The van der Waals surface area contributed by atoms with E-state index in [1.807, 2.05) is 18.2 Å². The van der Waals surface area contributed by atoms with Gasteiger partial charge in [0.05, 0.1) is 0 Å². The normalized spacial score (nSPS) is 13.7. The van der Waals surface area contributed by atoms with E-state index in [2.05, 4.69) is 5.32 Å². The van der Waals surface area contributed by atoms with Gasteiger partial charge in [-0.25, -0.2) is 0 Å². The standard InChI is InChI=1S/C12H16N2O3.ClH/c1-8(5-13)12(15)14-6-9-2-3-10-11(4-9)17-7-16-10;/h2-4,8H,5-7,13H2,1H3,(H,14,15);1H. The molecular weight excluding hydrogens is 256 g/mol. The fraction of sp³-hybridized carbons (Fsp3) is 0.417. The molecule has 1 aliphatic heterocycles. The summed E-state index contributed by atoms with van der Waals surface area (Å²) in [6.07, 6.45) is 0. The van der Waals surface area contributed by atoms with Crippen LogP contribution in [-0.2, 0) is 11.3 Å². The Bertz CT molecular complexity index is 426. The van der Waals surface area contributed by atoms with Crippen molar-refractivity contribution in [2.24, 2.45) is 11.7 Å². The molecule has 0 saturated heterocycles. The first-order valence-electron chi connectivity index (χ1n) is 5.57. The number of halogens is 1. The van der Waals surface area contributed by atoms with Gasteiger partial charge in [-0.05, 0) is 17.7 Å². The summed E-state index contributed by atoms with van der Waals surface area (Å²) in [5.74, 6) is 1.27. The lowest BCUT2D eigenvalue weighted by Gasteiger charge is -2.10. The molecule has 0 fully saturated rings. The molecule has 0 spiro atoms. The topological polar surface area (TPSA) is 73.6 Å². The number of hydrogen-bond acceptors (Lipinski definition) is 4. The van der Waals surface area contributed by atoms with Crippen LogP contribution in [0.1, 0.15) is 12.5 Å². The van der Waals surface area contributed by atoms with Gasteiger partial charge in [-0.3, -0.25) is 4.79 Å². The maximum absolute atomic E-state index is 11.5. The summed E-state index contributed by atoms with van der Waals surface area (Å²) in [7, 11) is 0. The number of nitrogens with two attached hydrogens (primary N) is 1. The number of ether oxygens (including phenoxy) is 2. The minimum Gasteiger partial charge on any atom is -0.454 e. The molecule has 0 saturated carbocycles. The van der Waals surface area contributed by atoms with E-state index >= 15 is 0 Å². The Balaban J connectivity index is 0.00000162. The first-order chi connectivity index (χ1) is 8.20. The van der Waals surface area contributed by atoms with Crippen LogP contribution in [0.4, 0.5) is 0 Å². The fourth-order valence-electron chi connectivity index (χ4n) is 1.52. The number of carbonyl (C=O) groups excluding carboxylic acids is 1. The zero-order valence-electron chi connectivity index (χ0n) is 10.1. The van der Waals surface area contributed by atoms with E-state index in [1.165, 1.54) is 0 Å². The number of hydrogen-bond donors (Lipinski definition) is 2. The Hall–Kier alpha value is -1.46. The molecule has 2 rings (SSSR count). The Kier molecular flexibility index (Phi) is 5.25. The van der Waals surface area contributed by atoms with Crippen LogP contribution in [0.5, 0.6) is 11.5 Å². The largest absolute Gasteiger partial charge is 0.454 e. The van der Waals surface area contributed by atoms with E-state index in [-0.39, 0.29) is 31.0 Å². The summed E-state index contributed by atoms with van der Waals surface area (Å²) in [5, 5.41) is 2.83. The molecule has 1 aromatic rings. The molecule has 1 aliphatic rings. The monoisotopic (exact) mass is 272 g/mol. The van der Waals surface area contributed by atoms with Crippen molar-refractivity contribution in [2.45, 2.75) is 13.5 Å². The Morgan fingerprint density at radius 2 is 2.17 bits per heavy atom. The van der Waals surface area contributed by atoms with Gasteiger partial charge in [-0.1, -0.05) is 13.0 Å². The van der Waals surface area contributed by atoms with E-state index in [9.17, 15) is 4.79 Å². The zero-order valence-corrected chi connectivity index (χ0v) is 11.0. The minimum atomic E-state index is -0.163. The summed E-state index contributed by atoms with van der Waals surface area (Å²) in [4.78, 5) is 11.5. The predicted molar refractivity (Wildman–Crippen MR) is 69.9 cm³/mol. The molecule has 0 aromatic heterocycles. The number of nitrogens with one attached hydrogen (secondary N) is 1. The molecule has 6 heteroatoms. The lowest BCUT2D eigenvalue weighted by Crippen LogP contribution is -2.32. The lowest BCUT2D eigenvalue weighted by atomic mass is 10.1. The van der Waals surface area contributed by atoms with Crippen molar-refractivity contribution in [1.29, 1.82) is 0 Å². The van der Waals surface area contributed by atoms with Crippen molar-refractivity contribution in [3.8, 4) is 11.5 Å². The third kappa shape index (κ3) is 3.27. The Morgan fingerprint density at radius 1 is 1.44 bits per heavy atom. The number of rotatable bonds is 4. The third-order valence-corrected chi connectivity index (χ3v) is 2.70. The van der Waals surface area contributed by atoms with Crippen LogP contribution < -0.4 is 20.5 Å². The maximum Gasteiger partial charge on any atom is 0.231 e. The molecule has 100 valence electrons. The van der Waals surface area contributed by atoms with Gasteiger partial charge in [-0.15, -0.1) is 12.4 Å². The highest BCUT2D eigenvalue weighted by Crippen LogP contribution is 2.32. The fourth-order valence-corrected chi connectivity index (χ4v) is 1.52. The summed E-state index contributed by atoms with van der Waals surface area (Å²) >= 11 is 0. The Labute approximate surface area is 112 Å². The summed E-state index contributed by atoms with van der Waals surface area (Å²) in [5.41, 5.74) is 6.40. The van der Waals surface area contributed by atoms with Crippen molar-refractivity contribution in [2.75, 3.05) is 13.3 Å². The van der Waals surface area contributed by atoms with Crippen molar-refractivity contribution in [3.63, 3.8) is 0 Å². The third-order valence-electron chi connectivity index (χ3n) is 2.70. The average Bonchev–Trinajstić information content (AvgIpc) is 2.82. The van der Waals surface area contributed by atoms with E-state index in [1.54, 1.807) is 6.92 Å². The second kappa shape index (κ2) is 6.47. The van der Waals surface area contributed by atoms with E-state index < -0.39 is 0 Å². The highest BCUT2D eigenvalue weighted by Gasteiger charge is 2.14. The minimum absolute atomic E-state index is 0. The molecule has 0 aliphatic carbocycles. The van der Waals surface area contributed by atoms with Crippen molar-refractivity contribution >= 4 is 18.3 Å². The highest BCUT2D eigenvalue weighted by atomic mass is 35.5. The lowest BCUT2D eigenvalue weighted by molar-refractivity contribution is -0.124. The quantitative estimate of drug-likeness (QED) is 0.859. The molecule has 18 heavy (non-hydrogen) atoms. The first-order valence-corrected chi connectivity index (χ1v) is 5.57. The maximum atomic E-state index is 11.5. The molecule has 0 radical (unpaired) electrons. The van der Waals surface area contributed by atoms with Crippen LogP contribution in [0.15, 0.2) is 18.2 Å². The molecule has 5 nitrogen and oxygen atoms in total. The number of carbonyl (C=O) groups is 1. The predicted octanol–water partition coefficient (Wildman–Crippen LogP) is 1.05. The van der Waals surface area contributed by atoms with Crippen LogP contribution in [0.2, 0.25) is 0 Å². The van der Waals surface area contributed by atoms with Crippen LogP contribution in [0, 0.1) is 5.92 Å². The van der Waals surface area contributed by atoms with Crippen molar-refractivity contribution < 1.29 is 14.3 Å². The van der Waals surface area contributed by atoms with Gasteiger partial charge in [0, 0.05) is 19.0 Å². The summed E-state index contributed by atoms with van der Waals surface area (Å²) in [6.45, 7) is 2.89. The Morgan fingerprint density at radius 3 is 2.89 bits per heavy atom. The molecule has 1 aromatic carbocycles. The van der Waals surface area contributed by atoms with Gasteiger partial charge in [0.1, 0.15) is 0 Å². The number of benzene rings is 1. The van der Waals surface area contributed by atoms with Gasteiger partial charge >= 0.3 is 0 Å². The zero-order chi connectivity index (χ0) is 12.3. The van der Waals surface area contributed by atoms with E-state index in [0.29, 0.717) is 13.1 Å². The summed E-state index contributed by atoms with van der Waals surface area (Å²) < 4.78 is 10.5. The second-order valence-corrected chi connectivity index (χ2v) is 4.04. The van der Waals surface area contributed by atoms with Gasteiger partial charge in [-0.2, -0.15) is 0 Å². The van der Waals surface area contributed by atoms with Crippen LogP contribution in [-0.4, -0.2) is 19.2 Å². The van der Waals surface area contributed by atoms with Crippen LogP contribution in [0.25, 0.3) is 0 Å². The number of fused-ring (bicyclic) bond motifs is 1. The SMILES string of the molecule is CC(CN)C(=O)NCc1ccc2c(c1)OCO2.Cl. The van der Waals surface area contributed by atoms with Gasteiger partial charge in [0.15, 0.2) is 11.5 Å². The molecule has 0 bridgehead atoms. The van der Waals surface area contributed by atoms with E-state index in [0.717, 1.165) is 17.1 Å². The smallest absolute Gasteiger partial charge is 0.231 e. The first kappa shape index (κ1) is 14.6. The summed E-state index contributed by atoms with van der Waals surface area (Å²) in [6, 6.07) is 5.62. The van der Waals surface area contributed by atoms with Gasteiger partial charge in [0.2, 0.25) is 12.7 Å². The van der Waals surface area contributed by atoms with E-state index in [4.69, 9.17) is 15.2 Å². The van der Waals surface area contributed by atoms with Crippen LogP contribution >= 0.6 is 12.4 Å². The molecule has 1 unspecified atom stereocenters. The average molecular weight is 273 g/mol. The van der Waals surface area contributed by atoms with Crippen LogP contribution in [0.3, 0.4) is 0 Å². The van der Waals surface area contributed by atoms with Crippen molar-refractivity contribution in [1.82, 2.24) is 5.32 Å². The molecule has 3 N–H and O–H groups in total. The molecule has 1 atom stereocenters. The molecular formula is C12H17ClN2O3. The molecule has 1 heterocycles. The molecule has 1 amide bonds. The van der Waals surface area contributed by atoms with Gasteiger partial charge < -0.3 is 20.5 Å². The second-order valence-electron chi connectivity index (χ2n) is 4.04. The van der Waals surface area contributed by atoms with Gasteiger partial charge in [0.25, 0.3) is 0 Å². The highest BCUT2D eigenvalue weighted by molar-refractivity contribution is 5.85. The van der Waals surface area contributed by atoms with Crippen molar-refractivity contribution in [3.05, 3.63) is 23.8 Å².